The molecule has 1 amide bonds. The molecule has 0 aliphatic rings. The monoisotopic (exact) mass is 313 g/mol. The number of carboxylic acids is 1. The van der Waals surface area contributed by atoms with Crippen molar-refractivity contribution in [1.29, 1.82) is 0 Å². The Morgan fingerprint density at radius 1 is 1.48 bits per heavy atom. The van der Waals surface area contributed by atoms with Crippen LogP contribution in [0.3, 0.4) is 0 Å². The Morgan fingerprint density at radius 3 is 2.57 bits per heavy atom. The van der Waals surface area contributed by atoms with Crippen molar-refractivity contribution < 1.29 is 19.1 Å². The molecule has 0 fully saturated rings. The van der Waals surface area contributed by atoms with Crippen molar-refractivity contribution in [3.05, 3.63) is 46.8 Å². The molecule has 0 spiro atoms. The molecule has 21 heavy (non-hydrogen) atoms. The Hall–Kier alpha value is -1.88. The summed E-state index contributed by atoms with van der Waals surface area (Å²) in [6.07, 6.45) is 0.452. The van der Waals surface area contributed by atoms with Crippen LogP contribution in [0.4, 0.5) is 4.39 Å². The predicted molar refractivity (Wildman–Crippen MR) is 78.5 cm³/mol. The van der Waals surface area contributed by atoms with Gasteiger partial charge in [0.05, 0.1) is 5.02 Å². The highest BCUT2D eigenvalue weighted by Gasteiger charge is 2.25. The van der Waals surface area contributed by atoms with Gasteiger partial charge in [-0.05, 0) is 31.0 Å². The normalized spacial score (nSPS) is 13.3. The van der Waals surface area contributed by atoms with E-state index in [1.165, 1.54) is 12.1 Å². The molecule has 2 unspecified atom stereocenters. The fraction of sp³-hybridized carbons (Fsp3) is 0.333. The van der Waals surface area contributed by atoms with Gasteiger partial charge in [-0.25, -0.2) is 9.18 Å². The molecular formula is C15H17ClFNO3. The molecule has 6 heteroatoms. The second-order valence-corrected chi connectivity index (χ2v) is 5.42. The maximum Gasteiger partial charge on any atom is 0.330 e. The average Bonchev–Trinajstić information content (AvgIpc) is 2.37. The second-order valence-electron chi connectivity index (χ2n) is 5.02. The van der Waals surface area contributed by atoms with Crippen molar-refractivity contribution in [2.75, 3.05) is 0 Å². The van der Waals surface area contributed by atoms with E-state index < -0.39 is 29.7 Å². The number of nitrogens with one attached hydrogen (secondary N) is 1. The molecule has 1 aromatic rings. The Labute approximate surface area is 127 Å². The summed E-state index contributed by atoms with van der Waals surface area (Å²) in [5.41, 5.74) is 0.947. The second kappa shape index (κ2) is 7.22. The third kappa shape index (κ3) is 4.86. The van der Waals surface area contributed by atoms with Crippen LogP contribution in [-0.2, 0) is 9.59 Å². The number of benzene rings is 1. The summed E-state index contributed by atoms with van der Waals surface area (Å²) >= 11 is 5.56. The number of amides is 1. The average molecular weight is 314 g/mol. The molecule has 2 N–H and O–H groups in total. The standard InChI is InChI=1S/C15H17ClFNO3/c1-8(2)6-9(3)14(19)18-13(15(20)21)10-4-5-11(16)12(17)7-10/h4-5,7,9,13H,1,6H2,2-3H3,(H,18,19)(H,20,21). The van der Waals surface area contributed by atoms with Crippen molar-refractivity contribution in [3.63, 3.8) is 0 Å². The van der Waals surface area contributed by atoms with Crippen molar-refractivity contribution in [2.24, 2.45) is 5.92 Å². The smallest absolute Gasteiger partial charge is 0.330 e. The number of aliphatic carboxylic acids is 1. The number of hydrogen-bond acceptors (Lipinski definition) is 2. The van der Waals surface area contributed by atoms with Gasteiger partial charge in [0.25, 0.3) is 0 Å². The van der Waals surface area contributed by atoms with Crippen LogP contribution in [0.15, 0.2) is 30.4 Å². The summed E-state index contributed by atoms with van der Waals surface area (Å²) in [5, 5.41) is 11.5. The number of hydrogen-bond donors (Lipinski definition) is 2. The van der Waals surface area contributed by atoms with Gasteiger partial charge < -0.3 is 10.4 Å². The topological polar surface area (TPSA) is 66.4 Å². The predicted octanol–water partition coefficient (Wildman–Crippen LogP) is 3.32. The highest BCUT2D eigenvalue weighted by molar-refractivity contribution is 6.30. The zero-order valence-electron chi connectivity index (χ0n) is 11.8. The molecule has 114 valence electrons. The van der Waals surface area contributed by atoms with Crippen LogP contribution in [0.2, 0.25) is 5.02 Å². The van der Waals surface area contributed by atoms with E-state index in [4.69, 9.17) is 11.6 Å². The van der Waals surface area contributed by atoms with Gasteiger partial charge in [0.2, 0.25) is 5.91 Å². The van der Waals surface area contributed by atoms with Crippen molar-refractivity contribution in [3.8, 4) is 0 Å². The van der Waals surface area contributed by atoms with Gasteiger partial charge in [0.1, 0.15) is 5.82 Å². The van der Waals surface area contributed by atoms with E-state index in [-0.39, 0.29) is 10.6 Å². The number of allylic oxidation sites excluding steroid dienone is 1. The molecule has 0 heterocycles. The lowest BCUT2D eigenvalue weighted by Crippen LogP contribution is -2.37. The van der Waals surface area contributed by atoms with Gasteiger partial charge in [-0.1, -0.05) is 30.2 Å². The van der Waals surface area contributed by atoms with Crippen LogP contribution in [-0.4, -0.2) is 17.0 Å². The molecule has 2 atom stereocenters. The van der Waals surface area contributed by atoms with Gasteiger partial charge in [0.15, 0.2) is 6.04 Å². The molecule has 0 saturated carbocycles. The molecule has 0 saturated heterocycles. The molecule has 0 aliphatic heterocycles. The first kappa shape index (κ1) is 17.2. The van der Waals surface area contributed by atoms with Crippen molar-refractivity contribution >= 4 is 23.5 Å². The number of rotatable bonds is 6. The number of carbonyl (C=O) groups is 2. The molecule has 0 aromatic heterocycles. The van der Waals surface area contributed by atoms with E-state index in [0.29, 0.717) is 6.42 Å². The Balaban J connectivity index is 2.92. The number of halogens is 2. The summed E-state index contributed by atoms with van der Waals surface area (Å²) in [6, 6.07) is 2.31. The van der Waals surface area contributed by atoms with Crippen LogP contribution < -0.4 is 5.32 Å². The van der Waals surface area contributed by atoms with Gasteiger partial charge in [-0.2, -0.15) is 0 Å². The third-order valence-electron chi connectivity index (χ3n) is 2.91. The minimum atomic E-state index is -1.32. The lowest BCUT2D eigenvalue weighted by Gasteiger charge is -2.18. The minimum Gasteiger partial charge on any atom is -0.479 e. The van der Waals surface area contributed by atoms with Crippen LogP contribution in [0.5, 0.6) is 0 Å². The molecule has 0 aliphatic carbocycles. The maximum absolute atomic E-state index is 13.4. The van der Waals surface area contributed by atoms with Gasteiger partial charge in [0, 0.05) is 5.92 Å². The van der Waals surface area contributed by atoms with Crippen molar-refractivity contribution in [2.45, 2.75) is 26.3 Å². The minimum absolute atomic E-state index is 0.107. The van der Waals surface area contributed by atoms with E-state index in [1.807, 2.05) is 0 Å². The fourth-order valence-electron chi connectivity index (χ4n) is 1.88. The summed E-state index contributed by atoms with van der Waals surface area (Å²) in [7, 11) is 0. The quantitative estimate of drug-likeness (QED) is 0.792. The Kier molecular flexibility index (Phi) is 5.90. The maximum atomic E-state index is 13.4. The van der Waals surface area contributed by atoms with Crippen LogP contribution in [0.25, 0.3) is 0 Å². The van der Waals surface area contributed by atoms with E-state index >= 15 is 0 Å². The summed E-state index contributed by atoms with van der Waals surface area (Å²) in [4.78, 5) is 23.3. The van der Waals surface area contributed by atoms with Gasteiger partial charge >= 0.3 is 5.97 Å². The SMILES string of the molecule is C=C(C)CC(C)C(=O)NC(C(=O)O)c1ccc(Cl)c(F)c1. The highest BCUT2D eigenvalue weighted by Crippen LogP contribution is 2.21. The zero-order chi connectivity index (χ0) is 16.2. The van der Waals surface area contributed by atoms with Gasteiger partial charge in [-0.15, -0.1) is 6.58 Å². The molecular weight excluding hydrogens is 297 g/mol. The van der Waals surface area contributed by atoms with E-state index in [1.54, 1.807) is 13.8 Å². The zero-order valence-corrected chi connectivity index (χ0v) is 12.6. The third-order valence-corrected chi connectivity index (χ3v) is 3.22. The largest absolute Gasteiger partial charge is 0.479 e. The molecule has 4 nitrogen and oxygen atoms in total. The van der Waals surface area contributed by atoms with Gasteiger partial charge in [-0.3, -0.25) is 4.79 Å². The lowest BCUT2D eigenvalue weighted by atomic mass is 10.0. The highest BCUT2D eigenvalue weighted by atomic mass is 35.5. The van der Waals surface area contributed by atoms with E-state index in [0.717, 1.165) is 11.6 Å². The molecule has 0 radical (unpaired) electrons. The fourth-order valence-corrected chi connectivity index (χ4v) is 2.00. The van der Waals surface area contributed by atoms with Crippen molar-refractivity contribution in [1.82, 2.24) is 5.32 Å². The van der Waals surface area contributed by atoms with Crippen LogP contribution in [0.1, 0.15) is 31.9 Å². The summed E-state index contributed by atoms with van der Waals surface area (Å²) in [5.74, 6) is -2.85. The lowest BCUT2D eigenvalue weighted by molar-refractivity contribution is -0.142. The number of carbonyl (C=O) groups excluding carboxylic acids is 1. The Morgan fingerprint density at radius 2 is 2.10 bits per heavy atom. The molecule has 0 bridgehead atoms. The van der Waals surface area contributed by atoms with Crippen LogP contribution >= 0.6 is 11.6 Å². The summed E-state index contributed by atoms with van der Waals surface area (Å²) in [6.45, 7) is 7.17. The van der Waals surface area contributed by atoms with E-state index in [2.05, 4.69) is 11.9 Å². The van der Waals surface area contributed by atoms with E-state index in [9.17, 15) is 19.1 Å². The first-order valence-corrected chi connectivity index (χ1v) is 6.72. The first-order valence-electron chi connectivity index (χ1n) is 6.35. The number of carboxylic acid groups (broad SMARTS) is 1. The summed E-state index contributed by atoms with van der Waals surface area (Å²) < 4.78 is 13.4. The first-order chi connectivity index (χ1) is 9.72. The van der Waals surface area contributed by atoms with Crippen LogP contribution in [0, 0.1) is 11.7 Å². The molecule has 1 rings (SSSR count). The Bertz CT molecular complexity index is 574. The molecule has 1 aromatic carbocycles.